The first kappa shape index (κ1) is 9.02. The van der Waals surface area contributed by atoms with E-state index in [1.807, 2.05) is 13.0 Å². The van der Waals surface area contributed by atoms with Gasteiger partial charge in [0.05, 0.1) is 12.5 Å². The van der Waals surface area contributed by atoms with Gasteiger partial charge in [-0.3, -0.25) is 4.98 Å². The van der Waals surface area contributed by atoms with Gasteiger partial charge in [0, 0.05) is 17.8 Å². The molecule has 0 fully saturated rings. The molecule has 0 aliphatic rings. The van der Waals surface area contributed by atoms with Gasteiger partial charge in [-0.15, -0.1) is 15.3 Å². The molecule has 0 aromatic carbocycles. The molecule has 0 atom stereocenters. The molecule has 0 saturated heterocycles. The minimum Gasteiger partial charge on any atom is -0.479 e. The molecule has 3 heterocycles. The molecule has 16 heavy (non-hydrogen) atoms. The van der Waals surface area contributed by atoms with Gasteiger partial charge in [0.25, 0.3) is 0 Å². The average Bonchev–Trinajstić information content (AvgIpc) is 2.70. The number of hydrogen-bond acceptors (Lipinski definition) is 5. The van der Waals surface area contributed by atoms with Crippen LogP contribution in [0.2, 0.25) is 0 Å². The molecule has 0 saturated carbocycles. The van der Waals surface area contributed by atoms with E-state index in [0.717, 1.165) is 22.2 Å². The summed E-state index contributed by atoms with van der Waals surface area (Å²) in [5, 5.41) is 14.2. The van der Waals surface area contributed by atoms with E-state index in [9.17, 15) is 0 Å². The third-order valence-corrected chi connectivity index (χ3v) is 2.47. The number of methoxy groups -OCH3 is 1. The first-order chi connectivity index (χ1) is 7.81. The quantitative estimate of drug-likeness (QED) is 0.605. The summed E-state index contributed by atoms with van der Waals surface area (Å²) in [6, 6.07) is 1.88. The number of rotatable bonds is 1. The molecule has 3 aromatic heterocycles. The second-order valence-corrected chi connectivity index (χ2v) is 3.41. The first-order valence-electron chi connectivity index (χ1n) is 4.81. The van der Waals surface area contributed by atoms with Gasteiger partial charge >= 0.3 is 0 Å². The van der Waals surface area contributed by atoms with E-state index in [2.05, 4.69) is 20.3 Å². The molecular formula is C10H9N5O. The number of ether oxygens (including phenoxy) is 1. The van der Waals surface area contributed by atoms with Crippen molar-refractivity contribution in [1.82, 2.24) is 24.8 Å². The van der Waals surface area contributed by atoms with Crippen molar-refractivity contribution in [2.75, 3.05) is 7.11 Å². The largest absolute Gasteiger partial charge is 0.479 e. The summed E-state index contributed by atoms with van der Waals surface area (Å²) in [4.78, 5) is 4.06. The van der Waals surface area contributed by atoms with Crippen LogP contribution in [-0.2, 0) is 0 Å². The summed E-state index contributed by atoms with van der Waals surface area (Å²) in [5.41, 5.74) is 0.718. The van der Waals surface area contributed by atoms with Crippen LogP contribution in [0.15, 0.2) is 18.5 Å². The summed E-state index contributed by atoms with van der Waals surface area (Å²) in [6.07, 6.45) is 3.43. The van der Waals surface area contributed by atoms with Crippen LogP contribution >= 0.6 is 0 Å². The fourth-order valence-corrected chi connectivity index (χ4v) is 1.70. The molecule has 0 N–H and O–H groups in total. The Labute approximate surface area is 90.9 Å². The van der Waals surface area contributed by atoms with Gasteiger partial charge in [-0.25, -0.2) is 0 Å². The van der Waals surface area contributed by atoms with Crippen LogP contribution in [0.25, 0.3) is 16.4 Å². The highest BCUT2D eigenvalue weighted by Gasteiger charge is 2.11. The van der Waals surface area contributed by atoms with Crippen molar-refractivity contribution in [2.24, 2.45) is 0 Å². The van der Waals surface area contributed by atoms with Gasteiger partial charge < -0.3 is 4.74 Å². The predicted octanol–water partition coefficient (Wildman–Crippen LogP) is 0.990. The van der Waals surface area contributed by atoms with Crippen LogP contribution in [0, 0.1) is 6.92 Å². The zero-order valence-electron chi connectivity index (χ0n) is 8.88. The van der Waals surface area contributed by atoms with E-state index in [4.69, 9.17) is 4.74 Å². The van der Waals surface area contributed by atoms with Crippen molar-refractivity contribution in [3.63, 3.8) is 0 Å². The lowest BCUT2D eigenvalue weighted by atomic mass is 10.2. The molecule has 3 rings (SSSR count). The van der Waals surface area contributed by atoms with Gasteiger partial charge in [-0.1, -0.05) is 0 Å². The smallest absolute Gasteiger partial charge is 0.241 e. The van der Waals surface area contributed by atoms with Crippen molar-refractivity contribution in [3.8, 4) is 5.88 Å². The fourth-order valence-electron chi connectivity index (χ4n) is 1.70. The third-order valence-electron chi connectivity index (χ3n) is 2.47. The van der Waals surface area contributed by atoms with Crippen molar-refractivity contribution >= 4 is 16.4 Å². The van der Waals surface area contributed by atoms with Crippen molar-refractivity contribution in [3.05, 3.63) is 24.3 Å². The Hall–Kier alpha value is -2.24. The monoisotopic (exact) mass is 215 g/mol. The maximum atomic E-state index is 5.23. The number of aromatic nitrogens is 5. The Bertz CT molecular complexity index is 675. The Morgan fingerprint density at radius 1 is 1.25 bits per heavy atom. The van der Waals surface area contributed by atoms with Crippen LogP contribution in [-0.4, -0.2) is 31.9 Å². The second kappa shape index (κ2) is 3.13. The highest BCUT2D eigenvalue weighted by Crippen LogP contribution is 2.24. The molecule has 80 valence electrons. The van der Waals surface area contributed by atoms with Gasteiger partial charge in [0.1, 0.15) is 0 Å². The molecule has 0 radical (unpaired) electrons. The van der Waals surface area contributed by atoms with Crippen molar-refractivity contribution in [1.29, 1.82) is 0 Å². The molecule has 0 amide bonds. The summed E-state index contributed by atoms with van der Waals surface area (Å²) in [5.74, 6) is 1.26. The number of pyridine rings is 1. The predicted molar refractivity (Wildman–Crippen MR) is 57.4 cm³/mol. The molecule has 6 heteroatoms. The van der Waals surface area contributed by atoms with Gasteiger partial charge in [-0.2, -0.15) is 4.52 Å². The number of fused-ring (bicyclic) bond motifs is 3. The van der Waals surface area contributed by atoms with E-state index in [-0.39, 0.29) is 0 Å². The van der Waals surface area contributed by atoms with Crippen LogP contribution in [0.3, 0.4) is 0 Å². The molecule has 6 nitrogen and oxygen atoms in total. The summed E-state index contributed by atoms with van der Waals surface area (Å²) < 4.78 is 6.90. The van der Waals surface area contributed by atoms with Gasteiger partial charge in [0.15, 0.2) is 11.5 Å². The Balaban J connectivity index is 2.58. The number of aryl methyl sites for hydroxylation is 1. The highest BCUT2D eigenvalue weighted by atomic mass is 16.5. The van der Waals surface area contributed by atoms with Gasteiger partial charge in [0.2, 0.25) is 5.88 Å². The normalized spacial score (nSPS) is 11.1. The zero-order chi connectivity index (χ0) is 11.1. The summed E-state index contributed by atoms with van der Waals surface area (Å²) >= 11 is 0. The van der Waals surface area contributed by atoms with Crippen LogP contribution in [0.4, 0.5) is 0 Å². The second-order valence-electron chi connectivity index (χ2n) is 3.41. The Morgan fingerprint density at radius 2 is 2.12 bits per heavy atom. The van der Waals surface area contributed by atoms with Crippen LogP contribution in [0.5, 0.6) is 5.88 Å². The van der Waals surface area contributed by atoms with Crippen LogP contribution < -0.4 is 4.74 Å². The van der Waals surface area contributed by atoms with E-state index < -0.39 is 0 Å². The van der Waals surface area contributed by atoms with Crippen molar-refractivity contribution < 1.29 is 4.74 Å². The lowest BCUT2D eigenvalue weighted by Gasteiger charge is -2.04. The van der Waals surface area contributed by atoms with E-state index in [0.29, 0.717) is 5.88 Å². The fraction of sp³-hybridized carbons (Fsp3) is 0.200. The third kappa shape index (κ3) is 1.06. The summed E-state index contributed by atoms with van der Waals surface area (Å²) in [6.45, 7) is 1.85. The van der Waals surface area contributed by atoms with Gasteiger partial charge in [-0.05, 0) is 13.0 Å². The molecule has 0 unspecified atom stereocenters. The minimum atomic E-state index is 0.526. The molecule has 3 aromatic rings. The van der Waals surface area contributed by atoms with E-state index in [1.165, 1.54) is 0 Å². The lowest BCUT2D eigenvalue weighted by molar-refractivity contribution is 0.395. The molecule has 0 bridgehead atoms. The molecule has 0 aliphatic heterocycles. The number of hydrogen-bond donors (Lipinski definition) is 0. The molecule has 0 spiro atoms. The van der Waals surface area contributed by atoms with Crippen molar-refractivity contribution in [2.45, 2.75) is 6.92 Å². The first-order valence-corrected chi connectivity index (χ1v) is 4.81. The summed E-state index contributed by atoms with van der Waals surface area (Å²) in [7, 11) is 1.58. The Morgan fingerprint density at radius 3 is 2.94 bits per heavy atom. The maximum Gasteiger partial charge on any atom is 0.241 e. The molecule has 0 aliphatic carbocycles. The minimum absolute atomic E-state index is 0.526. The Kier molecular flexibility index (Phi) is 1.76. The number of nitrogens with zero attached hydrogens (tertiary/aromatic N) is 5. The topological polar surface area (TPSA) is 65.2 Å². The maximum absolute atomic E-state index is 5.23. The SMILES string of the molecule is COc1nn2c(C)nnc2c2ccncc12. The standard InChI is InChI=1S/C10H9N5O/c1-6-12-13-9-7-3-4-11-5-8(7)10(16-2)14-15(6)9/h3-5H,1-2H3. The highest BCUT2D eigenvalue weighted by molar-refractivity contribution is 5.95. The van der Waals surface area contributed by atoms with E-state index in [1.54, 1.807) is 24.0 Å². The zero-order valence-corrected chi connectivity index (χ0v) is 8.88. The van der Waals surface area contributed by atoms with Crippen LogP contribution in [0.1, 0.15) is 5.82 Å². The molecular weight excluding hydrogens is 206 g/mol. The average molecular weight is 215 g/mol. The lowest BCUT2D eigenvalue weighted by Crippen LogP contribution is -1.99. The van der Waals surface area contributed by atoms with E-state index >= 15 is 0 Å².